The number of hydrogen-bond donors (Lipinski definition) is 1. The van der Waals surface area contributed by atoms with Crippen molar-refractivity contribution in [2.75, 3.05) is 32.8 Å². The summed E-state index contributed by atoms with van der Waals surface area (Å²) in [6, 6.07) is 0.875. The lowest BCUT2D eigenvalue weighted by Crippen LogP contribution is -2.52. The van der Waals surface area contributed by atoms with Gasteiger partial charge in [-0.2, -0.15) is 0 Å². The number of hydrogen-bond acceptors (Lipinski definition) is 4. The largest absolute Gasteiger partial charge is 0.376 e. The van der Waals surface area contributed by atoms with Crippen LogP contribution in [0.15, 0.2) is 0 Å². The van der Waals surface area contributed by atoms with Crippen LogP contribution in [0.2, 0.25) is 0 Å². The molecule has 0 aromatic heterocycles. The van der Waals surface area contributed by atoms with E-state index in [-0.39, 0.29) is 6.04 Å². The highest BCUT2D eigenvalue weighted by molar-refractivity contribution is 5.76. The third-order valence-corrected chi connectivity index (χ3v) is 5.76. The Labute approximate surface area is 134 Å². The third kappa shape index (κ3) is 3.81. The van der Waals surface area contributed by atoms with Crippen LogP contribution in [0.25, 0.3) is 0 Å². The van der Waals surface area contributed by atoms with E-state index in [1.807, 2.05) is 0 Å². The van der Waals surface area contributed by atoms with Crippen LogP contribution in [-0.2, 0) is 9.53 Å². The van der Waals surface area contributed by atoms with Crippen molar-refractivity contribution >= 4 is 5.91 Å². The second kappa shape index (κ2) is 7.28. The summed E-state index contributed by atoms with van der Waals surface area (Å²) in [5, 5.41) is 0. The summed E-state index contributed by atoms with van der Waals surface area (Å²) >= 11 is 0. The normalized spacial score (nSPS) is 35.0. The van der Waals surface area contributed by atoms with Crippen LogP contribution < -0.4 is 5.73 Å². The fourth-order valence-corrected chi connectivity index (χ4v) is 4.33. The first-order valence-electron chi connectivity index (χ1n) is 9.02. The zero-order valence-electron chi connectivity index (χ0n) is 13.9. The van der Waals surface area contributed by atoms with Gasteiger partial charge in [0.05, 0.1) is 12.7 Å². The van der Waals surface area contributed by atoms with Crippen LogP contribution in [-0.4, -0.2) is 66.7 Å². The molecular formula is C17H31N3O2. The highest BCUT2D eigenvalue weighted by Gasteiger charge is 2.32. The van der Waals surface area contributed by atoms with Gasteiger partial charge in [-0.3, -0.25) is 9.69 Å². The molecule has 2 N–H and O–H groups in total. The monoisotopic (exact) mass is 309 g/mol. The molecular weight excluding hydrogens is 278 g/mol. The van der Waals surface area contributed by atoms with Crippen LogP contribution in [0.1, 0.15) is 45.4 Å². The summed E-state index contributed by atoms with van der Waals surface area (Å²) in [7, 11) is 0. The zero-order valence-corrected chi connectivity index (χ0v) is 13.9. The molecule has 1 saturated carbocycles. The van der Waals surface area contributed by atoms with Gasteiger partial charge in [0.15, 0.2) is 0 Å². The van der Waals surface area contributed by atoms with Gasteiger partial charge in [0.25, 0.3) is 0 Å². The predicted molar refractivity (Wildman–Crippen MR) is 86.5 cm³/mol. The summed E-state index contributed by atoms with van der Waals surface area (Å²) in [6.07, 6.45) is 6.64. The van der Waals surface area contributed by atoms with Crippen LogP contribution in [0, 0.1) is 5.92 Å². The number of piperidine rings is 1. The average molecular weight is 309 g/mol. The molecule has 3 aliphatic rings. The molecule has 0 bridgehead atoms. The standard InChI is InChI=1S/C17H31N3O2/c1-13-12-20(9-10-22-13)15-5-7-19(8-6-15)17(21)11-14-3-2-4-16(14)18/h13-16H,2-12,18H2,1H3/t13?,14-,16+/m0/s1. The van der Waals surface area contributed by atoms with E-state index < -0.39 is 0 Å². The molecule has 2 heterocycles. The van der Waals surface area contributed by atoms with Crippen LogP contribution in [0.5, 0.6) is 0 Å². The molecule has 5 heteroatoms. The Bertz CT molecular complexity index is 382. The minimum absolute atomic E-state index is 0.247. The lowest BCUT2D eigenvalue weighted by molar-refractivity contribution is -0.134. The van der Waals surface area contributed by atoms with E-state index in [1.165, 1.54) is 6.42 Å². The number of carbonyl (C=O) groups excluding carboxylic acids is 1. The highest BCUT2D eigenvalue weighted by atomic mass is 16.5. The number of ether oxygens (including phenoxy) is 1. The van der Waals surface area contributed by atoms with Gasteiger partial charge in [-0.15, -0.1) is 0 Å². The third-order valence-electron chi connectivity index (χ3n) is 5.76. The van der Waals surface area contributed by atoms with Crippen molar-refractivity contribution < 1.29 is 9.53 Å². The molecule has 0 radical (unpaired) electrons. The van der Waals surface area contributed by atoms with Crippen molar-refractivity contribution in [1.82, 2.24) is 9.80 Å². The maximum atomic E-state index is 12.5. The highest BCUT2D eigenvalue weighted by Crippen LogP contribution is 2.28. The van der Waals surface area contributed by atoms with E-state index in [0.29, 0.717) is 30.4 Å². The molecule has 3 atom stereocenters. The molecule has 3 fully saturated rings. The first kappa shape index (κ1) is 16.2. The second-order valence-electron chi connectivity index (χ2n) is 7.35. The lowest BCUT2D eigenvalue weighted by atomic mass is 9.97. The van der Waals surface area contributed by atoms with Crippen molar-refractivity contribution in [3.05, 3.63) is 0 Å². The van der Waals surface area contributed by atoms with Gasteiger partial charge in [0.2, 0.25) is 5.91 Å². The summed E-state index contributed by atoms with van der Waals surface area (Å²) < 4.78 is 5.62. The second-order valence-corrected chi connectivity index (χ2v) is 7.35. The topological polar surface area (TPSA) is 58.8 Å². The Kier molecular flexibility index (Phi) is 5.37. The Balaban J connectivity index is 1.44. The van der Waals surface area contributed by atoms with Crippen LogP contribution in [0.3, 0.4) is 0 Å². The number of nitrogens with zero attached hydrogens (tertiary/aromatic N) is 2. The van der Waals surface area contributed by atoms with Crippen molar-refractivity contribution in [3.8, 4) is 0 Å². The first-order chi connectivity index (χ1) is 10.6. The molecule has 22 heavy (non-hydrogen) atoms. The summed E-state index contributed by atoms with van der Waals surface area (Å²) in [4.78, 5) is 17.1. The Morgan fingerprint density at radius 3 is 2.59 bits per heavy atom. The number of likely N-dealkylation sites (tertiary alicyclic amines) is 1. The van der Waals surface area contributed by atoms with Crippen LogP contribution in [0.4, 0.5) is 0 Å². The maximum Gasteiger partial charge on any atom is 0.222 e. The molecule has 126 valence electrons. The van der Waals surface area contributed by atoms with Crippen molar-refractivity contribution in [3.63, 3.8) is 0 Å². The van der Waals surface area contributed by atoms with E-state index in [0.717, 1.165) is 58.5 Å². The number of amides is 1. The molecule has 2 saturated heterocycles. The molecule has 2 aliphatic heterocycles. The average Bonchev–Trinajstić information content (AvgIpc) is 2.92. The number of morpholine rings is 1. The molecule has 3 rings (SSSR count). The Morgan fingerprint density at radius 1 is 1.18 bits per heavy atom. The van der Waals surface area contributed by atoms with Gasteiger partial charge >= 0.3 is 0 Å². The van der Waals surface area contributed by atoms with Gasteiger partial charge in [0.1, 0.15) is 0 Å². The van der Waals surface area contributed by atoms with Crippen molar-refractivity contribution in [2.45, 2.75) is 63.6 Å². The molecule has 5 nitrogen and oxygen atoms in total. The van der Waals surface area contributed by atoms with Gasteiger partial charge in [-0.25, -0.2) is 0 Å². The SMILES string of the molecule is CC1CN(C2CCN(C(=O)C[C@@H]3CCC[C@H]3N)CC2)CCO1. The number of carbonyl (C=O) groups is 1. The maximum absolute atomic E-state index is 12.5. The van der Waals surface area contributed by atoms with Crippen molar-refractivity contribution in [2.24, 2.45) is 11.7 Å². The van der Waals surface area contributed by atoms with Gasteiger partial charge < -0.3 is 15.4 Å². The molecule has 1 amide bonds. The minimum atomic E-state index is 0.247. The molecule has 1 aliphatic carbocycles. The summed E-state index contributed by atoms with van der Waals surface area (Å²) in [5.74, 6) is 0.751. The van der Waals surface area contributed by atoms with E-state index >= 15 is 0 Å². The Hall–Kier alpha value is -0.650. The molecule has 0 aromatic rings. The van der Waals surface area contributed by atoms with Crippen molar-refractivity contribution in [1.29, 1.82) is 0 Å². The van der Waals surface area contributed by atoms with E-state index in [1.54, 1.807) is 0 Å². The molecule has 0 spiro atoms. The lowest BCUT2D eigenvalue weighted by Gasteiger charge is -2.41. The van der Waals surface area contributed by atoms with E-state index in [9.17, 15) is 4.79 Å². The van der Waals surface area contributed by atoms with Crippen LogP contribution >= 0.6 is 0 Å². The summed E-state index contributed by atoms with van der Waals surface area (Å²) in [6.45, 7) is 6.90. The zero-order chi connectivity index (χ0) is 15.5. The quantitative estimate of drug-likeness (QED) is 0.851. The Morgan fingerprint density at radius 2 is 1.95 bits per heavy atom. The smallest absolute Gasteiger partial charge is 0.222 e. The molecule has 1 unspecified atom stereocenters. The first-order valence-corrected chi connectivity index (χ1v) is 9.02. The molecule has 0 aromatic carbocycles. The van der Waals surface area contributed by atoms with Gasteiger partial charge in [-0.05, 0) is 38.5 Å². The van der Waals surface area contributed by atoms with E-state index in [2.05, 4.69) is 16.7 Å². The fourth-order valence-electron chi connectivity index (χ4n) is 4.33. The summed E-state index contributed by atoms with van der Waals surface area (Å²) in [5.41, 5.74) is 6.10. The number of nitrogens with two attached hydrogens (primary N) is 1. The number of rotatable bonds is 3. The minimum Gasteiger partial charge on any atom is -0.376 e. The fraction of sp³-hybridized carbons (Fsp3) is 0.941. The van der Waals surface area contributed by atoms with Gasteiger partial charge in [0, 0.05) is 44.7 Å². The predicted octanol–water partition coefficient (Wildman–Crippen LogP) is 1.22. The van der Waals surface area contributed by atoms with Gasteiger partial charge in [-0.1, -0.05) is 6.42 Å². The van der Waals surface area contributed by atoms with E-state index in [4.69, 9.17) is 10.5 Å².